The van der Waals surface area contributed by atoms with Crippen LogP contribution in [0.15, 0.2) is 42.6 Å². The lowest BCUT2D eigenvalue weighted by atomic mass is 9.80. The van der Waals surface area contributed by atoms with Crippen LogP contribution in [-0.2, 0) is 4.79 Å². The molecule has 5 nitrogen and oxygen atoms in total. The molecule has 2 N–H and O–H groups in total. The SMILES string of the molecule is CN[C@H]1C[C@@H](C(=O)Nc2ccn(-c3ccccc3)n2)C1. The van der Waals surface area contributed by atoms with Crippen molar-refractivity contribution in [1.82, 2.24) is 15.1 Å². The number of para-hydroxylation sites is 1. The monoisotopic (exact) mass is 270 g/mol. The topological polar surface area (TPSA) is 59.0 Å². The highest BCUT2D eigenvalue weighted by Gasteiger charge is 2.33. The zero-order chi connectivity index (χ0) is 13.9. The first kappa shape index (κ1) is 12.9. The highest BCUT2D eigenvalue weighted by atomic mass is 16.2. The van der Waals surface area contributed by atoms with Crippen LogP contribution in [0.25, 0.3) is 5.69 Å². The number of nitrogens with zero attached hydrogens (tertiary/aromatic N) is 2. The van der Waals surface area contributed by atoms with Crippen molar-refractivity contribution in [3.8, 4) is 5.69 Å². The van der Waals surface area contributed by atoms with Gasteiger partial charge >= 0.3 is 0 Å². The van der Waals surface area contributed by atoms with Crippen LogP contribution in [0.3, 0.4) is 0 Å². The van der Waals surface area contributed by atoms with E-state index in [4.69, 9.17) is 0 Å². The van der Waals surface area contributed by atoms with Gasteiger partial charge in [0.05, 0.1) is 5.69 Å². The summed E-state index contributed by atoms with van der Waals surface area (Å²) in [7, 11) is 1.93. The molecule has 1 amide bonds. The third-order valence-corrected chi connectivity index (χ3v) is 3.78. The summed E-state index contributed by atoms with van der Waals surface area (Å²) >= 11 is 0. The van der Waals surface area contributed by atoms with E-state index in [0.29, 0.717) is 11.9 Å². The Morgan fingerprint density at radius 2 is 2.00 bits per heavy atom. The van der Waals surface area contributed by atoms with Crippen LogP contribution in [0.1, 0.15) is 12.8 Å². The normalized spacial score (nSPS) is 21.2. The van der Waals surface area contributed by atoms with E-state index < -0.39 is 0 Å². The molecule has 3 rings (SSSR count). The van der Waals surface area contributed by atoms with Gasteiger partial charge in [0.2, 0.25) is 5.91 Å². The first-order valence-corrected chi connectivity index (χ1v) is 6.85. The second kappa shape index (κ2) is 5.46. The molecule has 104 valence electrons. The molecule has 1 aromatic heterocycles. The number of rotatable bonds is 4. The Labute approximate surface area is 118 Å². The fraction of sp³-hybridized carbons (Fsp3) is 0.333. The van der Waals surface area contributed by atoms with Crippen LogP contribution in [-0.4, -0.2) is 28.8 Å². The molecule has 0 unspecified atom stereocenters. The van der Waals surface area contributed by atoms with Crippen LogP contribution in [0.2, 0.25) is 0 Å². The number of amides is 1. The molecule has 20 heavy (non-hydrogen) atoms. The van der Waals surface area contributed by atoms with Gasteiger partial charge in [0.15, 0.2) is 5.82 Å². The average Bonchev–Trinajstić information content (AvgIpc) is 2.87. The Bertz CT molecular complexity index is 587. The van der Waals surface area contributed by atoms with Crippen molar-refractivity contribution < 1.29 is 4.79 Å². The summed E-state index contributed by atoms with van der Waals surface area (Å²) in [5.41, 5.74) is 0.979. The van der Waals surface area contributed by atoms with Gasteiger partial charge in [-0.1, -0.05) is 18.2 Å². The molecule has 2 aromatic rings. The Morgan fingerprint density at radius 1 is 1.25 bits per heavy atom. The molecule has 1 aromatic carbocycles. The number of hydrogen-bond donors (Lipinski definition) is 2. The summed E-state index contributed by atoms with van der Waals surface area (Å²) in [6, 6.07) is 12.1. The fourth-order valence-electron chi connectivity index (χ4n) is 2.41. The molecule has 1 aliphatic rings. The Balaban J connectivity index is 1.62. The molecule has 0 atom stereocenters. The molecule has 0 aliphatic heterocycles. The van der Waals surface area contributed by atoms with E-state index in [1.54, 1.807) is 4.68 Å². The summed E-state index contributed by atoms with van der Waals surface area (Å²) in [4.78, 5) is 12.0. The molecule has 0 saturated heterocycles. The zero-order valence-corrected chi connectivity index (χ0v) is 11.4. The van der Waals surface area contributed by atoms with E-state index in [0.717, 1.165) is 18.5 Å². The van der Waals surface area contributed by atoms with Crippen LogP contribution in [0, 0.1) is 5.92 Å². The van der Waals surface area contributed by atoms with Crippen molar-refractivity contribution in [2.24, 2.45) is 5.92 Å². The average molecular weight is 270 g/mol. The third-order valence-electron chi connectivity index (χ3n) is 3.78. The molecule has 0 spiro atoms. The number of hydrogen-bond acceptors (Lipinski definition) is 3. The van der Waals surface area contributed by atoms with Gasteiger partial charge in [-0.2, -0.15) is 5.10 Å². The summed E-state index contributed by atoms with van der Waals surface area (Å²) in [6.45, 7) is 0. The number of carbonyl (C=O) groups excluding carboxylic acids is 1. The van der Waals surface area contributed by atoms with E-state index in [1.807, 2.05) is 49.6 Å². The lowest BCUT2D eigenvalue weighted by molar-refractivity contribution is -0.122. The van der Waals surface area contributed by atoms with Crippen LogP contribution in [0.5, 0.6) is 0 Å². The highest BCUT2D eigenvalue weighted by Crippen LogP contribution is 2.28. The van der Waals surface area contributed by atoms with E-state index in [9.17, 15) is 4.79 Å². The minimum absolute atomic E-state index is 0.0646. The Kier molecular flexibility index (Phi) is 3.52. The number of nitrogens with one attached hydrogen (secondary N) is 2. The molecule has 0 bridgehead atoms. The maximum atomic E-state index is 12.0. The molecular formula is C15H18N4O. The second-order valence-corrected chi connectivity index (χ2v) is 5.12. The van der Waals surface area contributed by atoms with Gasteiger partial charge in [0.25, 0.3) is 0 Å². The quantitative estimate of drug-likeness (QED) is 0.890. The molecule has 0 radical (unpaired) electrons. The minimum atomic E-state index is 0.0646. The minimum Gasteiger partial charge on any atom is -0.317 e. The van der Waals surface area contributed by atoms with Gasteiger partial charge in [0.1, 0.15) is 0 Å². The summed E-state index contributed by atoms with van der Waals surface area (Å²) < 4.78 is 1.76. The molecule has 1 fully saturated rings. The molecule has 1 saturated carbocycles. The van der Waals surface area contributed by atoms with Gasteiger partial charge in [-0.05, 0) is 32.0 Å². The first-order chi connectivity index (χ1) is 9.76. The molecule has 5 heteroatoms. The van der Waals surface area contributed by atoms with Crippen molar-refractivity contribution in [2.45, 2.75) is 18.9 Å². The van der Waals surface area contributed by atoms with Crippen molar-refractivity contribution in [1.29, 1.82) is 0 Å². The van der Waals surface area contributed by atoms with E-state index in [2.05, 4.69) is 15.7 Å². The maximum Gasteiger partial charge on any atom is 0.228 e. The van der Waals surface area contributed by atoms with Gasteiger partial charge in [0, 0.05) is 24.2 Å². The second-order valence-electron chi connectivity index (χ2n) is 5.12. The van der Waals surface area contributed by atoms with Gasteiger partial charge in [-0.3, -0.25) is 4.79 Å². The van der Waals surface area contributed by atoms with E-state index >= 15 is 0 Å². The number of benzene rings is 1. The molecular weight excluding hydrogens is 252 g/mol. The van der Waals surface area contributed by atoms with E-state index in [1.165, 1.54) is 0 Å². The van der Waals surface area contributed by atoms with E-state index in [-0.39, 0.29) is 11.8 Å². The lowest BCUT2D eigenvalue weighted by Gasteiger charge is -2.33. The number of aromatic nitrogens is 2. The van der Waals surface area contributed by atoms with Gasteiger partial charge < -0.3 is 10.6 Å². The van der Waals surface area contributed by atoms with Gasteiger partial charge in [-0.25, -0.2) is 4.68 Å². The number of carbonyl (C=O) groups is 1. The van der Waals surface area contributed by atoms with Crippen LogP contribution < -0.4 is 10.6 Å². The summed E-state index contributed by atoms with van der Waals surface area (Å²) in [6.07, 6.45) is 3.66. The van der Waals surface area contributed by atoms with Gasteiger partial charge in [-0.15, -0.1) is 0 Å². The van der Waals surface area contributed by atoms with Crippen LogP contribution >= 0.6 is 0 Å². The lowest BCUT2D eigenvalue weighted by Crippen LogP contribution is -2.44. The molecule has 1 aliphatic carbocycles. The van der Waals surface area contributed by atoms with Crippen molar-refractivity contribution in [3.05, 3.63) is 42.6 Å². The molecule has 1 heterocycles. The predicted molar refractivity (Wildman–Crippen MR) is 77.8 cm³/mol. The Hall–Kier alpha value is -2.14. The number of anilines is 1. The van der Waals surface area contributed by atoms with Crippen LogP contribution in [0.4, 0.5) is 5.82 Å². The fourth-order valence-corrected chi connectivity index (χ4v) is 2.41. The largest absolute Gasteiger partial charge is 0.317 e. The third kappa shape index (κ3) is 2.58. The smallest absolute Gasteiger partial charge is 0.228 e. The standard InChI is InChI=1S/C15H18N4O/c1-16-12-9-11(10-12)15(20)17-14-7-8-19(18-14)13-5-3-2-4-6-13/h2-8,11-12,16H,9-10H2,1H3,(H,17,18,20)/t11-,12+. The maximum absolute atomic E-state index is 12.0. The zero-order valence-electron chi connectivity index (χ0n) is 11.4. The Morgan fingerprint density at radius 3 is 2.70 bits per heavy atom. The van der Waals surface area contributed by atoms with Crippen molar-refractivity contribution >= 4 is 11.7 Å². The van der Waals surface area contributed by atoms with Crippen molar-refractivity contribution in [3.63, 3.8) is 0 Å². The predicted octanol–water partition coefficient (Wildman–Crippen LogP) is 1.81. The summed E-state index contributed by atoms with van der Waals surface area (Å²) in [5, 5.41) is 10.4. The highest BCUT2D eigenvalue weighted by molar-refractivity contribution is 5.92. The summed E-state index contributed by atoms with van der Waals surface area (Å²) in [5.74, 6) is 0.774. The van der Waals surface area contributed by atoms with Crippen molar-refractivity contribution in [2.75, 3.05) is 12.4 Å². The first-order valence-electron chi connectivity index (χ1n) is 6.85.